The molecule has 17 heavy (non-hydrogen) atoms. The number of pyridine rings is 1. The van der Waals surface area contributed by atoms with Crippen LogP contribution in [0.5, 0.6) is 0 Å². The molecule has 4 nitrogen and oxygen atoms in total. The molecule has 0 saturated heterocycles. The molecular formula is C11H10BrClN2O2. The summed E-state index contributed by atoms with van der Waals surface area (Å²) in [4.78, 5) is 17.3. The fraction of sp³-hybridized carbons (Fsp3) is 0.273. The summed E-state index contributed by atoms with van der Waals surface area (Å²) in [5.41, 5.74) is 1.50. The number of halogens is 2. The van der Waals surface area contributed by atoms with Gasteiger partial charge in [0, 0.05) is 19.8 Å². The Bertz CT molecular complexity index is 490. The van der Waals surface area contributed by atoms with Crippen LogP contribution in [0, 0.1) is 0 Å². The molecule has 1 aliphatic rings. The van der Waals surface area contributed by atoms with Crippen LogP contribution < -0.4 is 0 Å². The van der Waals surface area contributed by atoms with E-state index in [1.807, 2.05) is 18.0 Å². The summed E-state index contributed by atoms with van der Waals surface area (Å²) in [6, 6.07) is 1.82. The molecule has 0 radical (unpaired) electrons. The molecule has 0 spiro atoms. The summed E-state index contributed by atoms with van der Waals surface area (Å²) in [5, 5.41) is 0.555. The van der Waals surface area contributed by atoms with Crippen molar-refractivity contribution in [1.82, 2.24) is 9.88 Å². The summed E-state index contributed by atoms with van der Waals surface area (Å²) < 4.78 is 5.46. The molecule has 0 N–H and O–H groups in total. The van der Waals surface area contributed by atoms with E-state index >= 15 is 0 Å². The number of hydrogen-bond donors (Lipinski definition) is 0. The molecule has 6 heteroatoms. The molecular weight excluding hydrogens is 307 g/mol. The first-order valence-electron chi connectivity index (χ1n) is 4.96. The van der Waals surface area contributed by atoms with Crippen molar-refractivity contribution < 1.29 is 9.53 Å². The lowest BCUT2D eigenvalue weighted by Gasteiger charge is -2.18. The SMILES string of the molecule is CN(Cc1cnc(Br)c(Cl)c1)C1=CCOC1=O. The summed E-state index contributed by atoms with van der Waals surface area (Å²) in [6.07, 6.45) is 3.48. The lowest BCUT2D eigenvalue weighted by atomic mass is 10.2. The number of carbonyl (C=O) groups is 1. The van der Waals surface area contributed by atoms with Gasteiger partial charge in [0.1, 0.15) is 16.9 Å². The minimum atomic E-state index is -0.288. The number of aromatic nitrogens is 1. The van der Waals surface area contributed by atoms with Gasteiger partial charge in [-0.1, -0.05) is 11.6 Å². The average Bonchev–Trinajstić information content (AvgIpc) is 2.70. The van der Waals surface area contributed by atoms with Gasteiger partial charge in [0.05, 0.1) is 5.02 Å². The van der Waals surface area contributed by atoms with E-state index in [1.165, 1.54) is 0 Å². The van der Waals surface area contributed by atoms with Crippen molar-refractivity contribution in [3.8, 4) is 0 Å². The highest BCUT2D eigenvalue weighted by molar-refractivity contribution is 9.10. The number of cyclic esters (lactones) is 1. The van der Waals surface area contributed by atoms with E-state index in [2.05, 4.69) is 20.9 Å². The second kappa shape index (κ2) is 5.06. The fourth-order valence-electron chi connectivity index (χ4n) is 1.57. The van der Waals surface area contributed by atoms with E-state index in [-0.39, 0.29) is 5.97 Å². The lowest BCUT2D eigenvalue weighted by molar-refractivity contribution is -0.137. The monoisotopic (exact) mass is 316 g/mol. The van der Waals surface area contributed by atoms with Gasteiger partial charge in [0.2, 0.25) is 0 Å². The van der Waals surface area contributed by atoms with Crippen molar-refractivity contribution >= 4 is 33.5 Å². The third kappa shape index (κ3) is 2.79. The van der Waals surface area contributed by atoms with Crippen LogP contribution in [0.15, 0.2) is 28.6 Å². The quantitative estimate of drug-likeness (QED) is 0.634. The highest BCUT2D eigenvalue weighted by Gasteiger charge is 2.20. The average molecular weight is 318 g/mol. The molecule has 0 aromatic carbocycles. The molecule has 0 saturated carbocycles. The number of ether oxygens (including phenoxy) is 1. The van der Waals surface area contributed by atoms with E-state index in [0.29, 0.717) is 28.5 Å². The van der Waals surface area contributed by atoms with Crippen LogP contribution in [0.1, 0.15) is 5.56 Å². The largest absolute Gasteiger partial charge is 0.457 e. The third-order valence-corrected chi connectivity index (χ3v) is 3.53. The molecule has 90 valence electrons. The molecule has 1 aliphatic heterocycles. The van der Waals surface area contributed by atoms with E-state index in [9.17, 15) is 4.79 Å². The number of nitrogens with zero attached hydrogens (tertiary/aromatic N) is 2. The third-order valence-electron chi connectivity index (χ3n) is 2.38. The first-order valence-corrected chi connectivity index (χ1v) is 6.13. The molecule has 0 atom stereocenters. The Morgan fingerprint density at radius 2 is 2.41 bits per heavy atom. The Balaban J connectivity index is 2.10. The Morgan fingerprint density at radius 1 is 1.65 bits per heavy atom. The molecule has 2 rings (SSSR count). The van der Waals surface area contributed by atoms with Crippen LogP contribution in [-0.2, 0) is 16.1 Å². The maximum atomic E-state index is 11.3. The van der Waals surface area contributed by atoms with Crippen molar-refractivity contribution in [3.05, 3.63) is 39.2 Å². The molecule has 0 bridgehead atoms. The number of carbonyl (C=O) groups excluding carboxylic acids is 1. The maximum absolute atomic E-state index is 11.3. The van der Waals surface area contributed by atoms with Gasteiger partial charge >= 0.3 is 5.97 Å². The van der Waals surface area contributed by atoms with Crippen LogP contribution in [0.2, 0.25) is 5.02 Å². The smallest absolute Gasteiger partial charge is 0.354 e. The van der Waals surface area contributed by atoms with Crippen LogP contribution in [0.4, 0.5) is 0 Å². The fourth-order valence-corrected chi connectivity index (χ4v) is 1.98. The number of esters is 1. The van der Waals surface area contributed by atoms with E-state index in [4.69, 9.17) is 16.3 Å². The molecule has 0 amide bonds. The van der Waals surface area contributed by atoms with Gasteiger partial charge in [0.25, 0.3) is 0 Å². The number of likely N-dealkylation sites (N-methyl/N-ethyl adjacent to an activating group) is 1. The molecule has 0 unspecified atom stereocenters. The number of rotatable bonds is 3. The van der Waals surface area contributed by atoms with Crippen LogP contribution >= 0.6 is 27.5 Å². The van der Waals surface area contributed by atoms with E-state index in [1.54, 1.807) is 12.3 Å². The van der Waals surface area contributed by atoms with Crippen molar-refractivity contribution in [3.63, 3.8) is 0 Å². The summed E-state index contributed by atoms with van der Waals surface area (Å²) in [6.45, 7) is 0.902. The minimum absolute atomic E-state index is 0.288. The van der Waals surface area contributed by atoms with Gasteiger partial charge in [-0.15, -0.1) is 0 Å². The molecule has 0 aliphatic carbocycles. The van der Waals surface area contributed by atoms with Gasteiger partial charge in [-0.05, 0) is 33.6 Å². The zero-order valence-corrected chi connectivity index (χ0v) is 11.5. The molecule has 0 fully saturated rings. The normalized spacial score (nSPS) is 14.5. The summed E-state index contributed by atoms with van der Waals surface area (Å²) in [5.74, 6) is -0.288. The predicted octanol–water partition coefficient (Wildman–Crippen LogP) is 2.37. The second-order valence-corrected chi connectivity index (χ2v) is 4.82. The standard InChI is InChI=1S/C11H10BrClN2O2/c1-15(9-2-3-17-11(9)16)6-7-4-8(13)10(12)14-5-7/h2,4-5H,3,6H2,1H3. The lowest BCUT2D eigenvalue weighted by Crippen LogP contribution is -2.21. The highest BCUT2D eigenvalue weighted by atomic mass is 79.9. The van der Waals surface area contributed by atoms with Crippen LogP contribution in [0.3, 0.4) is 0 Å². The zero-order chi connectivity index (χ0) is 12.4. The zero-order valence-electron chi connectivity index (χ0n) is 9.11. The second-order valence-electron chi connectivity index (χ2n) is 3.66. The molecule has 2 heterocycles. The summed E-state index contributed by atoms with van der Waals surface area (Å²) >= 11 is 9.18. The van der Waals surface area contributed by atoms with Crippen LogP contribution in [0.25, 0.3) is 0 Å². The highest BCUT2D eigenvalue weighted by Crippen LogP contribution is 2.22. The van der Waals surface area contributed by atoms with E-state index < -0.39 is 0 Å². The van der Waals surface area contributed by atoms with Crippen molar-refractivity contribution in [2.75, 3.05) is 13.7 Å². The summed E-state index contributed by atoms with van der Waals surface area (Å²) in [7, 11) is 1.83. The van der Waals surface area contributed by atoms with Crippen molar-refractivity contribution in [2.24, 2.45) is 0 Å². The minimum Gasteiger partial charge on any atom is -0.457 e. The van der Waals surface area contributed by atoms with E-state index in [0.717, 1.165) is 5.56 Å². The predicted molar refractivity (Wildman–Crippen MR) is 67.5 cm³/mol. The maximum Gasteiger partial charge on any atom is 0.354 e. The van der Waals surface area contributed by atoms with Gasteiger partial charge in [-0.25, -0.2) is 9.78 Å². The van der Waals surface area contributed by atoms with Gasteiger partial charge in [-0.2, -0.15) is 0 Å². The van der Waals surface area contributed by atoms with Gasteiger partial charge in [0.15, 0.2) is 0 Å². The topological polar surface area (TPSA) is 42.4 Å². The van der Waals surface area contributed by atoms with Crippen LogP contribution in [-0.4, -0.2) is 29.5 Å². The Hall–Kier alpha value is -1.07. The number of hydrogen-bond acceptors (Lipinski definition) is 4. The van der Waals surface area contributed by atoms with Crippen molar-refractivity contribution in [1.29, 1.82) is 0 Å². The molecule has 1 aromatic heterocycles. The van der Waals surface area contributed by atoms with Crippen molar-refractivity contribution in [2.45, 2.75) is 6.54 Å². The Kier molecular flexibility index (Phi) is 3.69. The van der Waals surface area contributed by atoms with Gasteiger partial charge in [-0.3, -0.25) is 0 Å². The Labute approximate surface area is 112 Å². The molecule has 1 aromatic rings. The Morgan fingerprint density at radius 3 is 3.00 bits per heavy atom. The van der Waals surface area contributed by atoms with Gasteiger partial charge < -0.3 is 9.64 Å². The first kappa shape index (κ1) is 12.4. The first-order chi connectivity index (χ1) is 8.08.